The summed E-state index contributed by atoms with van der Waals surface area (Å²) < 4.78 is 13.9. The minimum absolute atomic E-state index is 0.0680. The van der Waals surface area contributed by atoms with E-state index in [0.717, 1.165) is 11.4 Å². The van der Waals surface area contributed by atoms with Gasteiger partial charge < -0.3 is 10.0 Å². The van der Waals surface area contributed by atoms with Crippen LogP contribution in [0.4, 0.5) is 4.39 Å². The first-order valence-electron chi connectivity index (χ1n) is 6.45. The Hall–Kier alpha value is -1.70. The predicted molar refractivity (Wildman–Crippen MR) is 74.9 cm³/mol. The molecule has 1 N–H and O–H groups in total. The average molecular weight is 313 g/mol. The molecule has 0 aliphatic carbocycles. The highest BCUT2D eigenvalue weighted by molar-refractivity contribution is 7.99. The van der Waals surface area contributed by atoms with Crippen LogP contribution in [0.2, 0.25) is 0 Å². The molecule has 1 aliphatic rings. The van der Waals surface area contributed by atoms with E-state index in [9.17, 15) is 14.0 Å². The van der Waals surface area contributed by atoms with E-state index in [4.69, 9.17) is 5.11 Å². The SMILES string of the molecule is Cc1cc(C)nc(SCC(=O)N2CCC(F)(C(=O)O)C2)n1. The molecule has 21 heavy (non-hydrogen) atoms. The van der Waals surface area contributed by atoms with Crippen LogP contribution in [0.25, 0.3) is 0 Å². The van der Waals surface area contributed by atoms with Crippen molar-refractivity contribution in [3.8, 4) is 0 Å². The van der Waals surface area contributed by atoms with E-state index in [2.05, 4.69) is 9.97 Å². The van der Waals surface area contributed by atoms with Crippen LogP contribution in [0.15, 0.2) is 11.2 Å². The summed E-state index contributed by atoms with van der Waals surface area (Å²) in [6.07, 6.45) is -0.168. The van der Waals surface area contributed by atoms with Crippen molar-refractivity contribution in [1.82, 2.24) is 14.9 Å². The first kappa shape index (κ1) is 15.7. The Kier molecular flexibility index (Phi) is 4.46. The molecule has 1 amide bonds. The van der Waals surface area contributed by atoms with Crippen molar-refractivity contribution in [2.24, 2.45) is 0 Å². The Balaban J connectivity index is 1.92. The summed E-state index contributed by atoms with van der Waals surface area (Å²) >= 11 is 1.17. The topological polar surface area (TPSA) is 83.4 Å². The third-order valence-electron chi connectivity index (χ3n) is 3.24. The first-order valence-corrected chi connectivity index (χ1v) is 7.44. The second kappa shape index (κ2) is 5.97. The van der Waals surface area contributed by atoms with Gasteiger partial charge in [0.15, 0.2) is 5.16 Å². The van der Waals surface area contributed by atoms with Crippen molar-refractivity contribution in [3.63, 3.8) is 0 Å². The molecule has 1 fully saturated rings. The maximum atomic E-state index is 13.9. The Morgan fingerprint density at radius 1 is 1.43 bits per heavy atom. The van der Waals surface area contributed by atoms with Crippen molar-refractivity contribution in [1.29, 1.82) is 0 Å². The quantitative estimate of drug-likeness (QED) is 0.664. The molecule has 0 spiro atoms. The van der Waals surface area contributed by atoms with E-state index in [1.165, 1.54) is 16.7 Å². The average Bonchev–Trinajstić information content (AvgIpc) is 2.79. The van der Waals surface area contributed by atoms with Crippen molar-refractivity contribution in [3.05, 3.63) is 17.5 Å². The van der Waals surface area contributed by atoms with Gasteiger partial charge in [-0.3, -0.25) is 4.79 Å². The lowest BCUT2D eigenvalue weighted by Crippen LogP contribution is -2.39. The Bertz CT molecular complexity index is 564. The Morgan fingerprint density at radius 3 is 2.57 bits per heavy atom. The van der Waals surface area contributed by atoms with Gasteiger partial charge in [0, 0.05) is 24.4 Å². The molecule has 0 bridgehead atoms. The smallest absolute Gasteiger partial charge is 0.343 e. The molecule has 8 heteroatoms. The van der Waals surface area contributed by atoms with E-state index < -0.39 is 18.2 Å². The van der Waals surface area contributed by atoms with Crippen molar-refractivity contribution in [2.75, 3.05) is 18.8 Å². The zero-order valence-electron chi connectivity index (χ0n) is 11.8. The van der Waals surface area contributed by atoms with Gasteiger partial charge in [0.2, 0.25) is 11.6 Å². The van der Waals surface area contributed by atoms with Crippen LogP contribution in [-0.4, -0.2) is 56.4 Å². The van der Waals surface area contributed by atoms with Gasteiger partial charge in [-0.25, -0.2) is 19.2 Å². The molecule has 1 aromatic heterocycles. The van der Waals surface area contributed by atoms with Gasteiger partial charge >= 0.3 is 5.97 Å². The Labute approximate surface area is 125 Å². The normalized spacial score (nSPS) is 21.6. The maximum absolute atomic E-state index is 13.9. The standard InChI is InChI=1S/C13H16FN3O3S/c1-8-5-9(2)16-12(15-8)21-6-10(18)17-4-3-13(14,7-17)11(19)20/h5H,3-4,6-7H2,1-2H3,(H,19,20). The number of thioether (sulfide) groups is 1. The monoisotopic (exact) mass is 313 g/mol. The van der Waals surface area contributed by atoms with Gasteiger partial charge in [-0.15, -0.1) is 0 Å². The fourth-order valence-corrected chi connectivity index (χ4v) is 2.99. The first-order chi connectivity index (χ1) is 9.80. The number of rotatable bonds is 4. The molecule has 0 saturated carbocycles. The molecular weight excluding hydrogens is 297 g/mol. The van der Waals surface area contributed by atoms with Crippen LogP contribution in [0.3, 0.4) is 0 Å². The van der Waals surface area contributed by atoms with Crippen molar-refractivity contribution >= 4 is 23.6 Å². The van der Waals surface area contributed by atoms with E-state index in [1.807, 2.05) is 19.9 Å². The molecule has 1 saturated heterocycles. The van der Waals surface area contributed by atoms with Crippen LogP contribution in [0.1, 0.15) is 17.8 Å². The van der Waals surface area contributed by atoms with Crippen LogP contribution < -0.4 is 0 Å². The highest BCUT2D eigenvalue weighted by atomic mass is 32.2. The molecular formula is C13H16FN3O3S. The van der Waals surface area contributed by atoms with Crippen LogP contribution in [0, 0.1) is 13.8 Å². The third kappa shape index (κ3) is 3.69. The number of likely N-dealkylation sites (tertiary alicyclic amines) is 1. The number of hydrogen-bond donors (Lipinski definition) is 1. The number of nitrogens with zero attached hydrogens (tertiary/aromatic N) is 3. The molecule has 2 rings (SSSR count). The molecule has 1 aromatic rings. The van der Waals surface area contributed by atoms with Crippen molar-refractivity contribution in [2.45, 2.75) is 31.1 Å². The summed E-state index contributed by atoms with van der Waals surface area (Å²) in [7, 11) is 0. The molecule has 6 nitrogen and oxygen atoms in total. The summed E-state index contributed by atoms with van der Waals surface area (Å²) in [5, 5.41) is 9.29. The van der Waals surface area contributed by atoms with Gasteiger partial charge in [0.05, 0.1) is 12.3 Å². The zero-order valence-corrected chi connectivity index (χ0v) is 12.6. The fraction of sp³-hybridized carbons (Fsp3) is 0.538. The van der Waals surface area contributed by atoms with Gasteiger partial charge in [0.1, 0.15) is 0 Å². The number of hydrogen-bond acceptors (Lipinski definition) is 5. The number of carbonyl (C=O) groups is 2. The molecule has 1 aliphatic heterocycles. The number of alkyl halides is 1. The number of halogens is 1. The largest absolute Gasteiger partial charge is 0.479 e. The number of carboxylic acid groups (broad SMARTS) is 1. The lowest BCUT2D eigenvalue weighted by Gasteiger charge is -2.17. The number of carbonyl (C=O) groups excluding carboxylic acids is 1. The molecule has 0 aromatic carbocycles. The number of amides is 1. The van der Waals surface area contributed by atoms with Gasteiger partial charge in [0.25, 0.3) is 0 Å². The maximum Gasteiger partial charge on any atom is 0.343 e. The van der Waals surface area contributed by atoms with E-state index >= 15 is 0 Å². The zero-order chi connectivity index (χ0) is 15.6. The second-order valence-corrected chi connectivity index (χ2v) is 6.00. The van der Waals surface area contributed by atoms with Crippen LogP contribution in [-0.2, 0) is 9.59 Å². The van der Waals surface area contributed by atoms with Crippen LogP contribution >= 0.6 is 11.8 Å². The molecule has 0 radical (unpaired) electrons. The van der Waals surface area contributed by atoms with Gasteiger partial charge in [-0.1, -0.05) is 11.8 Å². The van der Waals surface area contributed by atoms with E-state index in [-0.39, 0.29) is 24.6 Å². The van der Waals surface area contributed by atoms with Crippen LogP contribution in [0.5, 0.6) is 0 Å². The highest BCUT2D eigenvalue weighted by Crippen LogP contribution is 2.27. The molecule has 1 unspecified atom stereocenters. The fourth-order valence-electron chi connectivity index (χ4n) is 2.14. The lowest BCUT2D eigenvalue weighted by atomic mass is 10.1. The highest BCUT2D eigenvalue weighted by Gasteiger charge is 2.46. The molecule has 114 valence electrons. The summed E-state index contributed by atoms with van der Waals surface area (Å²) in [6.45, 7) is 3.40. The lowest BCUT2D eigenvalue weighted by molar-refractivity contribution is -0.150. The van der Waals surface area contributed by atoms with Crippen molar-refractivity contribution < 1.29 is 19.1 Å². The molecule has 1 atom stereocenters. The second-order valence-electron chi connectivity index (χ2n) is 5.06. The number of aliphatic carboxylic acids is 1. The summed E-state index contributed by atoms with van der Waals surface area (Å²) in [4.78, 5) is 32.4. The summed E-state index contributed by atoms with van der Waals surface area (Å²) in [5.74, 6) is -1.75. The third-order valence-corrected chi connectivity index (χ3v) is 4.07. The number of carboxylic acids is 1. The molecule has 2 heterocycles. The van der Waals surface area contributed by atoms with E-state index in [1.54, 1.807) is 0 Å². The summed E-state index contributed by atoms with van der Waals surface area (Å²) in [5.41, 5.74) is -0.698. The van der Waals surface area contributed by atoms with Gasteiger partial charge in [-0.2, -0.15) is 0 Å². The minimum Gasteiger partial charge on any atom is -0.479 e. The number of aryl methyl sites for hydroxylation is 2. The Morgan fingerprint density at radius 2 is 2.05 bits per heavy atom. The number of aromatic nitrogens is 2. The predicted octanol–water partition coefficient (Wildman–Crippen LogP) is 1.21. The summed E-state index contributed by atoms with van der Waals surface area (Å²) in [6, 6.07) is 1.83. The van der Waals surface area contributed by atoms with Gasteiger partial charge in [-0.05, 0) is 19.9 Å². The van der Waals surface area contributed by atoms with E-state index in [0.29, 0.717) is 5.16 Å². The minimum atomic E-state index is -2.32.